The SMILES string of the molecule is Fc1cc2c(cc1COc1cc3c(cn1)C1CC1C3)C(c1ccccc1C(F)(F)F)CC2. The maximum atomic E-state index is 14.7. The van der Waals surface area contributed by atoms with Crippen LogP contribution in [0.25, 0.3) is 0 Å². The summed E-state index contributed by atoms with van der Waals surface area (Å²) >= 11 is 0. The maximum Gasteiger partial charge on any atom is 0.416 e. The molecule has 3 unspecified atom stereocenters. The van der Waals surface area contributed by atoms with Crippen molar-refractivity contribution in [1.82, 2.24) is 4.98 Å². The number of ether oxygens (including phenoxy) is 1. The summed E-state index contributed by atoms with van der Waals surface area (Å²) in [6.45, 7) is -0.00854. The zero-order valence-corrected chi connectivity index (χ0v) is 17.3. The van der Waals surface area contributed by atoms with E-state index in [2.05, 4.69) is 4.98 Å². The normalized spacial score (nSPS) is 22.9. The van der Waals surface area contributed by atoms with E-state index in [9.17, 15) is 17.6 Å². The van der Waals surface area contributed by atoms with E-state index in [0.29, 0.717) is 30.2 Å². The first-order valence-electron chi connectivity index (χ1n) is 11.0. The molecule has 2 aromatic carbocycles. The van der Waals surface area contributed by atoms with Gasteiger partial charge in [-0.05, 0) is 83.5 Å². The lowest BCUT2D eigenvalue weighted by Gasteiger charge is -2.19. The van der Waals surface area contributed by atoms with Gasteiger partial charge in [-0.15, -0.1) is 0 Å². The Balaban J connectivity index is 1.27. The molecule has 0 aliphatic heterocycles. The predicted molar refractivity (Wildman–Crippen MR) is 111 cm³/mol. The number of aromatic nitrogens is 1. The summed E-state index contributed by atoms with van der Waals surface area (Å²) in [5, 5.41) is 0. The lowest BCUT2D eigenvalue weighted by Crippen LogP contribution is -2.12. The molecule has 0 saturated heterocycles. The second-order valence-electron chi connectivity index (χ2n) is 9.14. The lowest BCUT2D eigenvalue weighted by atomic mass is 9.88. The largest absolute Gasteiger partial charge is 0.473 e. The van der Waals surface area contributed by atoms with E-state index in [-0.39, 0.29) is 12.2 Å². The van der Waals surface area contributed by atoms with Gasteiger partial charge in [0.25, 0.3) is 0 Å². The Labute approximate surface area is 183 Å². The van der Waals surface area contributed by atoms with Crippen LogP contribution in [0.15, 0.2) is 48.7 Å². The summed E-state index contributed by atoms with van der Waals surface area (Å²) in [5.41, 5.74) is 4.04. The smallest absolute Gasteiger partial charge is 0.416 e. The fraction of sp³-hybridized carbons (Fsp3) is 0.346. The first-order valence-corrected chi connectivity index (χ1v) is 11.0. The van der Waals surface area contributed by atoms with Crippen LogP contribution in [0.1, 0.15) is 63.6 Å². The highest BCUT2D eigenvalue weighted by Gasteiger charge is 2.45. The highest BCUT2D eigenvalue weighted by Crippen LogP contribution is 2.56. The Kier molecular flexibility index (Phi) is 4.36. The molecule has 0 amide bonds. The van der Waals surface area contributed by atoms with Crippen molar-refractivity contribution in [3.05, 3.63) is 93.4 Å². The van der Waals surface area contributed by atoms with Gasteiger partial charge in [-0.1, -0.05) is 18.2 Å². The van der Waals surface area contributed by atoms with Crippen molar-refractivity contribution in [3.63, 3.8) is 0 Å². The Morgan fingerprint density at radius 3 is 2.69 bits per heavy atom. The number of hydrogen-bond acceptors (Lipinski definition) is 2. The van der Waals surface area contributed by atoms with Crippen LogP contribution in [-0.4, -0.2) is 4.98 Å². The van der Waals surface area contributed by atoms with E-state index in [1.807, 2.05) is 12.3 Å². The fourth-order valence-electron chi connectivity index (χ4n) is 5.53. The van der Waals surface area contributed by atoms with Gasteiger partial charge in [-0.3, -0.25) is 0 Å². The molecule has 3 aliphatic rings. The highest BCUT2D eigenvalue weighted by molar-refractivity contribution is 5.48. The van der Waals surface area contributed by atoms with Crippen LogP contribution in [0.3, 0.4) is 0 Å². The molecule has 6 heteroatoms. The molecule has 6 rings (SSSR count). The number of pyridine rings is 1. The molecule has 3 aromatic rings. The topological polar surface area (TPSA) is 22.1 Å². The summed E-state index contributed by atoms with van der Waals surface area (Å²) in [6, 6.07) is 10.7. The third kappa shape index (κ3) is 3.28. The van der Waals surface area contributed by atoms with E-state index in [1.165, 1.54) is 35.7 Å². The number of fused-ring (bicyclic) bond motifs is 4. The van der Waals surface area contributed by atoms with Gasteiger partial charge < -0.3 is 4.74 Å². The van der Waals surface area contributed by atoms with Crippen LogP contribution in [-0.2, 0) is 25.6 Å². The highest BCUT2D eigenvalue weighted by atomic mass is 19.4. The molecule has 1 fully saturated rings. The Bertz CT molecular complexity index is 1220. The molecule has 1 saturated carbocycles. The number of halogens is 4. The minimum Gasteiger partial charge on any atom is -0.473 e. The molecule has 3 aliphatic carbocycles. The van der Waals surface area contributed by atoms with Crippen molar-refractivity contribution in [2.24, 2.45) is 5.92 Å². The van der Waals surface area contributed by atoms with Crippen molar-refractivity contribution >= 4 is 0 Å². The molecule has 0 bridgehead atoms. The quantitative estimate of drug-likeness (QED) is 0.430. The van der Waals surface area contributed by atoms with Gasteiger partial charge in [0.2, 0.25) is 5.88 Å². The van der Waals surface area contributed by atoms with E-state index in [4.69, 9.17) is 4.74 Å². The maximum absolute atomic E-state index is 14.7. The van der Waals surface area contributed by atoms with Crippen molar-refractivity contribution in [1.29, 1.82) is 0 Å². The van der Waals surface area contributed by atoms with E-state index >= 15 is 0 Å². The molecular formula is C26H21F4NO. The van der Waals surface area contributed by atoms with Crippen molar-refractivity contribution in [2.75, 3.05) is 0 Å². The summed E-state index contributed by atoms with van der Waals surface area (Å²) in [7, 11) is 0. The summed E-state index contributed by atoms with van der Waals surface area (Å²) in [6.07, 6.45) is 0.816. The third-order valence-electron chi connectivity index (χ3n) is 7.21. The molecule has 2 nitrogen and oxygen atoms in total. The molecule has 0 radical (unpaired) electrons. The number of benzene rings is 2. The van der Waals surface area contributed by atoms with Crippen molar-refractivity contribution < 1.29 is 22.3 Å². The van der Waals surface area contributed by atoms with Crippen molar-refractivity contribution in [3.8, 4) is 5.88 Å². The van der Waals surface area contributed by atoms with Crippen LogP contribution >= 0.6 is 0 Å². The minimum absolute atomic E-state index is 0.00854. The molecular weight excluding hydrogens is 418 g/mol. The average Bonchev–Trinajstić information content (AvgIpc) is 3.26. The van der Waals surface area contributed by atoms with E-state index < -0.39 is 23.5 Å². The van der Waals surface area contributed by atoms with Crippen LogP contribution < -0.4 is 4.74 Å². The van der Waals surface area contributed by atoms with Crippen LogP contribution in [0, 0.1) is 11.7 Å². The number of nitrogens with zero attached hydrogens (tertiary/aromatic N) is 1. The van der Waals surface area contributed by atoms with Gasteiger partial charge >= 0.3 is 6.18 Å². The second-order valence-corrected chi connectivity index (χ2v) is 9.14. The second kappa shape index (κ2) is 7.06. The summed E-state index contributed by atoms with van der Waals surface area (Å²) in [4.78, 5) is 4.38. The number of rotatable bonds is 4. The Hall–Kier alpha value is -2.89. The standard InChI is InChI=1S/C26H21F4NO/c27-24-10-14-5-6-18(19-3-1-2-4-23(19)26(28,29)30)20(14)9-17(24)13-32-25-11-16-7-15-8-21(15)22(16)12-31-25/h1-4,9-12,15,18,21H,5-8,13H2. The van der Waals surface area contributed by atoms with Gasteiger partial charge in [0.15, 0.2) is 0 Å². The van der Waals surface area contributed by atoms with Gasteiger partial charge in [0.05, 0.1) is 5.56 Å². The molecule has 1 heterocycles. The van der Waals surface area contributed by atoms with Gasteiger partial charge in [0.1, 0.15) is 12.4 Å². The zero-order chi connectivity index (χ0) is 22.0. The average molecular weight is 439 g/mol. The monoisotopic (exact) mass is 439 g/mol. The van der Waals surface area contributed by atoms with Crippen LogP contribution in [0.2, 0.25) is 0 Å². The molecule has 164 valence electrons. The van der Waals surface area contributed by atoms with Gasteiger partial charge in [-0.2, -0.15) is 13.2 Å². The lowest BCUT2D eigenvalue weighted by molar-refractivity contribution is -0.138. The van der Waals surface area contributed by atoms with E-state index in [1.54, 1.807) is 12.1 Å². The van der Waals surface area contributed by atoms with Crippen molar-refractivity contribution in [2.45, 2.75) is 50.3 Å². The number of hydrogen-bond donors (Lipinski definition) is 0. The number of aryl methyl sites for hydroxylation is 1. The van der Waals surface area contributed by atoms with E-state index in [0.717, 1.165) is 29.5 Å². The zero-order valence-electron chi connectivity index (χ0n) is 17.3. The molecule has 32 heavy (non-hydrogen) atoms. The third-order valence-corrected chi connectivity index (χ3v) is 7.21. The Morgan fingerprint density at radius 1 is 1.00 bits per heavy atom. The van der Waals surface area contributed by atoms with Gasteiger partial charge in [-0.25, -0.2) is 9.37 Å². The van der Waals surface area contributed by atoms with Crippen LogP contribution in [0.4, 0.5) is 17.6 Å². The fourth-order valence-corrected chi connectivity index (χ4v) is 5.53. The minimum atomic E-state index is -4.43. The predicted octanol–water partition coefficient (Wildman–Crippen LogP) is 6.56. The van der Waals surface area contributed by atoms with Crippen LogP contribution in [0.5, 0.6) is 5.88 Å². The molecule has 1 aromatic heterocycles. The van der Waals surface area contributed by atoms with Gasteiger partial charge in [0, 0.05) is 23.7 Å². The molecule has 0 N–H and O–H groups in total. The Morgan fingerprint density at radius 2 is 1.84 bits per heavy atom. The summed E-state index contributed by atoms with van der Waals surface area (Å²) in [5.74, 6) is 1.05. The molecule has 3 atom stereocenters. The molecule has 0 spiro atoms. The summed E-state index contributed by atoms with van der Waals surface area (Å²) < 4.78 is 61.2. The first kappa shape index (κ1) is 19.8. The number of alkyl halides is 3. The first-order chi connectivity index (χ1) is 15.4.